The third-order valence-electron chi connectivity index (χ3n) is 2.25. The highest BCUT2D eigenvalue weighted by molar-refractivity contribution is 5.75. The van der Waals surface area contributed by atoms with Crippen molar-refractivity contribution in [3.8, 4) is 0 Å². The summed E-state index contributed by atoms with van der Waals surface area (Å²) in [5, 5.41) is 27.8. The van der Waals surface area contributed by atoms with Crippen molar-refractivity contribution < 1.29 is 24.9 Å². The maximum Gasteiger partial charge on any atom is 0.337 e. The van der Waals surface area contributed by atoms with Crippen LogP contribution in [0, 0.1) is 0 Å². The maximum atomic E-state index is 11.0. The quantitative estimate of drug-likeness (QED) is 0.616. The normalized spacial score (nSPS) is 14.2. The molecule has 0 spiro atoms. The van der Waals surface area contributed by atoms with Crippen molar-refractivity contribution in [3.63, 3.8) is 0 Å². The Labute approximate surface area is 92.9 Å². The van der Waals surface area contributed by atoms with Crippen LogP contribution in [0.3, 0.4) is 0 Å². The second kappa shape index (κ2) is 5.60. The van der Waals surface area contributed by atoms with Crippen LogP contribution in [0.4, 0.5) is 0 Å². The van der Waals surface area contributed by atoms with E-state index in [1.165, 1.54) is 12.1 Å². The number of esters is 1. The molecule has 16 heavy (non-hydrogen) atoms. The maximum absolute atomic E-state index is 11.0. The minimum absolute atomic E-state index is 0.101. The van der Waals surface area contributed by atoms with E-state index in [1.54, 1.807) is 12.1 Å². The molecule has 0 aliphatic heterocycles. The summed E-state index contributed by atoms with van der Waals surface area (Å²) in [4.78, 5) is 11.0. The molecule has 0 saturated heterocycles. The fourth-order valence-electron chi connectivity index (χ4n) is 1.25. The molecule has 1 aromatic rings. The predicted molar refractivity (Wildman–Crippen MR) is 55.3 cm³/mol. The summed E-state index contributed by atoms with van der Waals surface area (Å²) >= 11 is 0. The zero-order valence-electron chi connectivity index (χ0n) is 8.83. The second-order valence-electron chi connectivity index (χ2n) is 3.31. The molecule has 0 bridgehead atoms. The lowest BCUT2D eigenvalue weighted by atomic mass is 10.0. The number of carbonyl (C=O) groups is 1. The van der Waals surface area contributed by atoms with Crippen molar-refractivity contribution in [1.82, 2.24) is 0 Å². The van der Waals surface area contributed by atoms with Crippen LogP contribution < -0.4 is 0 Å². The fourth-order valence-corrected chi connectivity index (χ4v) is 1.25. The first-order valence-electron chi connectivity index (χ1n) is 4.73. The Morgan fingerprint density at radius 2 is 1.88 bits per heavy atom. The third-order valence-corrected chi connectivity index (χ3v) is 2.25. The van der Waals surface area contributed by atoms with Gasteiger partial charge in [-0.25, -0.2) is 4.79 Å². The molecule has 0 fully saturated rings. The van der Waals surface area contributed by atoms with E-state index >= 15 is 0 Å². The van der Waals surface area contributed by atoms with E-state index in [0.29, 0.717) is 11.1 Å². The van der Waals surface area contributed by atoms with Gasteiger partial charge in [-0.05, 0) is 11.1 Å². The number of carbonyl (C=O) groups excluding carboxylic acids is 1. The van der Waals surface area contributed by atoms with Crippen LogP contribution in [0.25, 0.3) is 0 Å². The monoisotopic (exact) mass is 226 g/mol. The lowest BCUT2D eigenvalue weighted by Gasteiger charge is -2.16. The number of ether oxygens (including phenoxy) is 1. The number of hydrogen-bond donors (Lipinski definition) is 3. The molecule has 1 aromatic carbocycles. The van der Waals surface area contributed by atoms with Crippen molar-refractivity contribution in [2.45, 2.75) is 18.8 Å². The molecule has 0 amide bonds. The summed E-state index contributed by atoms with van der Waals surface area (Å²) in [6.45, 7) is -0.101. The highest BCUT2D eigenvalue weighted by Gasteiger charge is 2.26. The highest BCUT2D eigenvalue weighted by Crippen LogP contribution is 2.18. The average Bonchev–Trinajstić information content (AvgIpc) is 2.36. The molecule has 88 valence electrons. The van der Waals surface area contributed by atoms with Gasteiger partial charge in [-0.3, -0.25) is 0 Å². The van der Waals surface area contributed by atoms with Crippen LogP contribution in [0.15, 0.2) is 24.3 Å². The van der Waals surface area contributed by atoms with Gasteiger partial charge in [-0.15, -0.1) is 0 Å². The molecule has 0 saturated carbocycles. The van der Waals surface area contributed by atoms with Crippen molar-refractivity contribution >= 4 is 5.97 Å². The molecule has 1 rings (SSSR count). The molecule has 2 atom stereocenters. The zero-order chi connectivity index (χ0) is 12.1. The molecule has 5 nitrogen and oxygen atoms in total. The van der Waals surface area contributed by atoms with E-state index in [-0.39, 0.29) is 6.61 Å². The van der Waals surface area contributed by atoms with Crippen LogP contribution >= 0.6 is 0 Å². The molecule has 0 radical (unpaired) electrons. The highest BCUT2D eigenvalue weighted by atomic mass is 16.5. The van der Waals surface area contributed by atoms with Crippen LogP contribution in [0.1, 0.15) is 17.2 Å². The minimum Gasteiger partial charge on any atom is -0.467 e. The molecule has 5 heteroatoms. The van der Waals surface area contributed by atoms with E-state index in [0.717, 1.165) is 7.11 Å². The molecule has 2 unspecified atom stereocenters. The van der Waals surface area contributed by atoms with E-state index in [4.69, 9.17) is 5.11 Å². The van der Waals surface area contributed by atoms with E-state index in [9.17, 15) is 15.0 Å². The second-order valence-corrected chi connectivity index (χ2v) is 3.31. The summed E-state index contributed by atoms with van der Waals surface area (Å²) in [5.41, 5.74) is 1.07. The lowest BCUT2D eigenvalue weighted by molar-refractivity contribution is -0.156. The van der Waals surface area contributed by atoms with Crippen LogP contribution in [-0.4, -0.2) is 34.5 Å². The summed E-state index contributed by atoms with van der Waals surface area (Å²) in [5.74, 6) is -0.890. The molecule has 0 aliphatic carbocycles. The van der Waals surface area contributed by atoms with Crippen LogP contribution in [0.5, 0.6) is 0 Å². The number of aliphatic hydroxyl groups excluding tert-OH is 3. The van der Waals surface area contributed by atoms with Gasteiger partial charge in [-0.1, -0.05) is 24.3 Å². The van der Waals surface area contributed by atoms with Crippen molar-refractivity contribution in [2.24, 2.45) is 0 Å². The van der Waals surface area contributed by atoms with E-state index < -0.39 is 18.2 Å². The molecule has 0 heterocycles. The van der Waals surface area contributed by atoms with Gasteiger partial charge >= 0.3 is 5.97 Å². The average molecular weight is 226 g/mol. The van der Waals surface area contributed by atoms with Crippen molar-refractivity contribution in [2.75, 3.05) is 7.11 Å². The van der Waals surface area contributed by atoms with Gasteiger partial charge in [0.2, 0.25) is 0 Å². The van der Waals surface area contributed by atoms with E-state index in [2.05, 4.69) is 4.74 Å². The third kappa shape index (κ3) is 2.79. The SMILES string of the molecule is COC(=O)C(O)C(O)c1ccc(CO)cc1. The van der Waals surface area contributed by atoms with Gasteiger partial charge in [0.05, 0.1) is 13.7 Å². The van der Waals surface area contributed by atoms with Crippen LogP contribution in [-0.2, 0) is 16.1 Å². The molecule has 0 aliphatic rings. The van der Waals surface area contributed by atoms with Crippen LogP contribution in [0.2, 0.25) is 0 Å². The predicted octanol–water partition coefficient (Wildman–Crippen LogP) is -0.254. The van der Waals surface area contributed by atoms with Crippen molar-refractivity contribution in [3.05, 3.63) is 35.4 Å². The van der Waals surface area contributed by atoms with Gasteiger partial charge in [0.1, 0.15) is 6.10 Å². The molecular formula is C11H14O5. The number of hydrogen-bond acceptors (Lipinski definition) is 5. The number of rotatable bonds is 4. The Balaban J connectivity index is 2.79. The molecular weight excluding hydrogens is 212 g/mol. The number of aliphatic hydroxyl groups is 3. The molecule has 0 aromatic heterocycles. The first kappa shape index (κ1) is 12.6. The topological polar surface area (TPSA) is 87.0 Å². The summed E-state index contributed by atoms with van der Waals surface area (Å²) in [6.07, 6.45) is -2.94. The summed E-state index contributed by atoms with van der Waals surface area (Å²) in [6, 6.07) is 6.26. The Morgan fingerprint density at radius 1 is 1.31 bits per heavy atom. The fraction of sp³-hybridized carbons (Fsp3) is 0.364. The molecule has 3 N–H and O–H groups in total. The minimum atomic E-state index is -1.61. The summed E-state index contributed by atoms with van der Waals surface area (Å²) < 4.78 is 4.31. The van der Waals surface area contributed by atoms with Gasteiger partial charge in [-0.2, -0.15) is 0 Å². The van der Waals surface area contributed by atoms with Crippen molar-refractivity contribution in [1.29, 1.82) is 0 Å². The Kier molecular flexibility index (Phi) is 4.42. The van der Waals surface area contributed by atoms with Gasteiger partial charge < -0.3 is 20.1 Å². The van der Waals surface area contributed by atoms with E-state index in [1.807, 2.05) is 0 Å². The largest absolute Gasteiger partial charge is 0.467 e. The number of methoxy groups -OCH3 is 1. The Bertz CT molecular complexity index is 346. The first-order valence-corrected chi connectivity index (χ1v) is 4.73. The standard InChI is InChI=1S/C11H14O5/c1-16-11(15)10(14)9(13)8-4-2-7(6-12)3-5-8/h2-5,9-10,12-14H,6H2,1H3. The zero-order valence-corrected chi connectivity index (χ0v) is 8.83. The smallest absolute Gasteiger partial charge is 0.337 e. The van der Waals surface area contributed by atoms with Gasteiger partial charge in [0.15, 0.2) is 6.10 Å². The van der Waals surface area contributed by atoms with Gasteiger partial charge in [0, 0.05) is 0 Å². The first-order chi connectivity index (χ1) is 7.60. The number of benzene rings is 1. The Morgan fingerprint density at radius 3 is 2.31 bits per heavy atom. The van der Waals surface area contributed by atoms with Gasteiger partial charge in [0.25, 0.3) is 0 Å². The Hall–Kier alpha value is -1.43. The lowest BCUT2D eigenvalue weighted by Crippen LogP contribution is -2.29. The summed E-state index contributed by atoms with van der Waals surface area (Å²) in [7, 11) is 1.13.